The van der Waals surface area contributed by atoms with Crippen molar-refractivity contribution in [3.05, 3.63) is 12.2 Å². The number of nitrogens with zero attached hydrogens (tertiary/aromatic N) is 1. The largest absolute Gasteiger partial charge is 0.355 e. The van der Waals surface area contributed by atoms with Crippen LogP contribution in [0.25, 0.3) is 0 Å². The number of hydrogen-bond donors (Lipinski definition) is 1. The molecule has 0 saturated carbocycles. The molecular formula is C15H22N2O4. The van der Waals surface area contributed by atoms with E-state index < -0.39 is 11.8 Å². The lowest BCUT2D eigenvalue weighted by molar-refractivity contribution is -0.141. The number of carbonyl (C=O) groups excluding carboxylic acids is 4. The van der Waals surface area contributed by atoms with Crippen molar-refractivity contribution in [3.63, 3.8) is 0 Å². The molecule has 116 valence electrons. The predicted molar refractivity (Wildman–Crippen MR) is 77.2 cm³/mol. The van der Waals surface area contributed by atoms with Crippen LogP contribution in [0.5, 0.6) is 0 Å². The Labute approximate surface area is 124 Å². The number of carbonyl (C=O) groups is 4. The molecule has 3 amide bonds. The normalized spacial score (nSPS) is 14.7. The van der Waals surface area contributed by atoms with Crippen LogP contribution < -0.4 is 5.32 Å². The minimum atomic E-state index is -0.467. The van der Waals surface area contributed by atoms with Crippen molar-refractivity contribution in [2.75, 3.05) is 13.1 Å². The van der Waals surface area contributed by atoms with E-state index >= 15 is 0 Å². The van der Waals surface area contributed by atoms with Crippen LogP contribution in [-0.2, 0) is 19.2 Å². The fourth-order valence-electron chi connectivity index (χ4n) is 1.80. The van der Waals surface area contributed by atoms with Gasteiger partial charge in [-0.2, -0.15) is 0 Å². The van der Waals surface area contributed by atoms with Crippen LogP contribution in [0.1, 0.15) is 40.0 Å². The van der Waals surface area contributed by atoms with E-state index in [9.17, 15) is 19.2 Å². The lowest BCUT2D eigenvalue weighted by Crippen LogP contribution is -2.40. The summed E-state index contributed by atoms with van der Waals surface area (Å²) in [4.78, 5) is 46.7. The third-order valence-electron chi connectivity index (χ3n) is 3.19. The van der Waals surface area contributed by atoms with Gasteiger partial charge in [-0.25, -0.2) is 0 Å². The lowest BCUT2D eigenvalue weighted by atomic mass is 9.88. The van der Waals surface area contributed by atoms with E-state index in [4.69, 9.17) is 0 Å². The van der Waals surface area contributed by atoms with Gasteiger partial charge in [0.05, 0.1) is 0 Å². The van der Waals surface area contributed by atoms with Gasteiger partial charge in [0.15, 0.2) is 0 Å². The van der Waals surface area contributed by atoms with Gasteiger partial charge in [-0.05, 0) is 12.8 Å². The molecule has 0 aliphatic carbocycles. The van der Waals surface area contributed by atoms with E-state index in [2.05, 4.69) is 5.32 Å². The number of ketones is 1. The number of imide groups is 1. The van der Waals surface area contributed by atoms with Crippen LogP contribution in [0.3, 0.4) is 0 Å². The summed E-state index contributed by atoms with van der Waals surface area (Å²) >= 11 is 0. The molecule has 0 bridgehead atoms. The highest BCUT2D eigenvalue weighted by molar-refractivity contribution is 6.14. The van der Waals surface area contributed by atoms with E-state index in [1.807, 2.05) is 20.8 Å². The van der Waals surface area contributed by atoms with Crippen molar-refractivity contribution >= 4 is 23.5 Å². The molecule has 0 saturated heterocycles. The van der Waals surface area contributed by atoms with Gasteiger partial charge in [0.1, 0.15) is 12.3 Å². The highest BCUT2D eigenvalue weighted by Crippen LogP contribution is 2.17. The monoisotopic (exact) mass is 294 g/mol. The molecule has 0 aromatic rings. The Morgan fingerprint density at radius 3 is 2.19 bits per heavy atom. The smallest absolute Gasteiger partial charge is 0.254 e. The zero-order valence-electron chi connectivity index (χ0n) is 12.8. The van der Waals surface area contributed by atoms with Crippen molar-refractivity contribution in [2.24, 2.45) is 5.41 Å². The number of hydrogen-bond acceptors (Lipinski definition) is 4. The second-order valence-electron chi connectivity index (χ2n) is 6.08. The minimum absolute atomic E-state index is 0.202. The van der Waals surface area contributed by atoms with E-state index in [-0.39, 0.29) is 23.7 Å². The van der Waals surface area contributed by atoms with Gasteiger partial charge in [0, 0.05) is 30.5 Å². The summed E-state index contributed by atoms with van der Waals surface area (Å²) in [6.45, 7) is 5.82. The molecule has 1 heterocycles. The van der Waals surface area contributed by atoms with E-state index in [0.29, 0.717) is 25.8 Å². The van der Waals surface area contributed by atoms with Gasteiger partial charge in [0.25, 0.3) is 11.8 Å². The summed E-state index contributed by atoms with van der Waals surface area (Å²) in [5.74, 6) is -1.10. The van der Waals surface area contributed by atoms with Gasteiger partial charge in [0.2, 0.25) is 5.91 Å². The Balaban J connectivity index is 2.16. The summed E-state index contributed by atoms with van der Waals surface area (Å²) < 4.78 is 0. The fraction of sp³-hybridized carbons (Fsp3) is 0.600. The SMILES string of the molecule is CC(C)(C)C(=O)CCCCNC(=O)CN1C(=O)C=CC1=O. The zero-order chi connectivity index (χ0) is 16.0. The molecule has 1 aliphatic rings. The van der Waals surface area contributed by atoms with E-state index in [1.165, 1.54) is 0 Å². The van der Waals surface area contributed by atoms with Crippen LogP contribution >= 0.6 is 0 Å². The average Bonchev–Trinajstić information content (AvgIpc) is 2.68. The molecule has 1 aliphatic heterocycles. The second-order valence-corrected chi connectivity index (χ2v) is 6.08. The Bertz CT molecular complexity index is 457. The van der Waals surface area contributed by atoms with Crippen LogP contribution in [0.4, 0.5) is 0 Å². The average molecular weight is 294 g/mol. The van der Waals surface area contributed by atoms with Crippen molar-refractivity contribution in [2.45, 2.75) is 40.0 Å². The summed E-state index contributed by atoms with van der Waals surface area (Å²) in [5, 5.41) is 2.64. The minimum Gasteiger partial charge on any atom is -0.355 e. The van der Waals surface area contributed by atoms with Gasteiger partial charge >= 0.3 is 0 Å². The van der Waals surface area contributed by atoms with Crippen LogP contribution in [0.15, 0.2) is 12.2 Å². The lowest BCUT2D eigenvalue weighted by Gasteiger charge is -2.16. The highest BCUT2D eigenvalue weighted by atomic mass is 16.2. The predicted octanol–water partition coefficient (Wildman–Crippen LogP) is 0.813. The molecule has 0 fully saturated rings. The van der Waals surface area contributed by atoms with E-state index in [0.717, 1.165) is 17.1 Å². The zero-order valence-corrected chi connectivity index (χ0v) is 12.8. The molecule has 0 aromatic carbocycles. The molecule has 0 radical (unpaired) electrons. The third-order valence-corrected chi connectivity index (χ3v) is 3.19. The fourth-order valence-corrected chi connectivity index (χ4v) is 1.80. The van der Waals surface area contributed by atoms with Gasteiger partial charge in [-0.15, -0.1) is 0 Å². The summed E-state index contributed by atoms with van der Waals surface area (Å²) in [7, 11) is 0. The molecule has 0 unspecified atom stereocenters. The summed E-state index contributed by atoms with van der Waals surface area (Å²) in [6, 6.07) is 0. The second kappa shape index (κ2) is 7.15. The maximum atomic E-state index is 11.7. The van der Waals surface area contributed by atoms with Gasteiger partial charge < -0.3 is 5.32 Å². The Hall–Kier alpha value is -1.98. The molecule has 1 N–H and O–H groups in total. The Kier molecular flexibility index (Phi) is 5.81. The first-order valence-corrected chi connectivity index (χ1v) is 7.05. The number of Topliss-reactive ketones (excluding diaryl/α,β-unsaturated/α-hetero) is 1. The van der Waals surface area contributed by atoms with Gasteiger partial charge in [-0.1, -0.05) is 20.8 Å². The van der Waals surface area contributed by atoms with Crippen molar-refractivity contribution in [1.29, 1.82) is 0 Å². The standard InChI is InChI=1S/C15H22N2O4/c1-15(2,3)11(18)6-4-5-9-16-12(19)10-17-13(20)7-8-14(17)21/h7-8H,4-6,9-10H2,1-3H3,(H,16,19). The van der Waals surface area contributed by atoms with E-state index in [1.54, 1.807) is 0 Å². The molecular weight excluding hydrogens is 272 g/mol. The van der Waals surface area contributed by atoms with Crippen LogP contribution in [0, 0.1) is 5.41 Å². The number of amides is 3. The van der Waals surface area contributed by atoms with Crippen LogP contribution in [-0.4, -0.2) is 41.5 Å². The first-order valence-electron chi connectivity index (χ1n) is 7.05. The summed E-state index contributed by atoms with van der Waals surface area (Å²) in [5.41, 5.74) is -0.327. The van der Waals surface area contributed by atoms with Crippen molar-refractivity contribution < 1.29 is 19.2 Å². The Morgan fingerprint density at radius 2 is 1.67 bits per heavy atom. The highest BCUT2D eigenvalue weighted by Gasteiger charge is 2.25. The molecule has 1 rings (SSSR count). The molecule has 6 nitrogen and oxygen atoms in total. The first-order chi connectivity index (χ1) is 9.71. The number of unbranched alkanes of at least 4 members (excludes halogenated alkanes) is 1. The molecule has 21 heavy (non-hydrogen) atoms. The Morgan fingerprint density at radius 1 is 1.10 bits per heavy atom. The molecule has 0 spiro atoms. The molecule has 0 atom stereocenters. The third kappa shape index (κ3) is 5.49. The van der Waals surface area contributed by atoms with Crippen molar-refractivity contribution in [3.8, 4) is 0 Å². The number of nitrogens with one attached hydrogen (secondary N) is 1. The van der Waals surface area contributed by atoms with Crippen LogP contribution in [0.2, 0.25) is 0 Å². The number of rotatable bonds is 7. The van der Waals surface area contributed by atoms with Gasteiger partial charge in [-0.3, -0.25) is 24.1 Å². The van der Waals surface area contributed by atoms with Crippen molar-refractivity contribution in [1.82, 2.24) is 10.2 Å². The molecule has 6 heteroatoms. The maximum Gasteiger partial charge on any atom is 0.254 e. The summed E-state index contributed by atoms with van der Waals surface area (Å²) in [6.07, 6.45) is 4.18. The first kappa shape index (κ1) is 17.1. The quantitative estimate of drug-likeness (QED) is 0.556. The maximum absolute atomic E-state index is 11.7. The topological polar surface area (TPSA) is 83.6 Å². The molecule has 0 aromatic heterocycles.